The van der Waals surface area contributed by atoms with Crippen molar-refractivity contribution < 1.29 is 41.0 Å². The Bertz CT molecular complexity index is 965. The molecule has 10 heteroatoms. The highest BCUT2D eigenvalue weighted by molar-refractivity contribution is 5.89. The molecule has 0 spiro atoms. The Balaban J connectivity index is 1.74. The molecule has 2 aromatic rings. The van der Waals surface area contributed by atoms with Gasteiger partial charge in [0.15, 0.2) is 0 Å². The molecular weight excluding hydrogens is 452 g/mol. The van der Waals surface area contributed by atoms with E-state index in [-0.39, 0.29) is 43.2 Å². The summed E-state index contributed by atoms with van der Waals surface area (Å²) in [6.07, 6.45) is -9.46. The van der Waals surface area contributed by atoms with Crippen molar-refractivity contribution in [2.45, 2.75) is 63.5 Å². The first-order chi connectivity index (χ1) is 15.4. The number of halogens is 6. The van der Waals surface area contributed by atoms with Crippen molar-refractivity contribution in [3.05, 3.63) is 41.5 Å². The number of nitrogens with one attached hydrogen (secondary N) is 1. The number of ether oxygens (including phenoxy) is 1. The van der Waals surface area contributed by atoms with Gasteiger partial charge in [-0.15, -0.1) is 0 Å². The third-order valence-corrected chi connectivity index (χ3v) is 5.83. The number of carboxylic acid groups (broad SMARTS) is 1. The minimum absolute atomic E-state index is 0.0281. The Morgan fingerprint density at radius 2 is 1.73 bits per heavy atom. The van der Waals surface area contributed by atoms with E-state index in [9.17, 15) is 31.1 Å². The van der Waals surface area contributed by atoms with Crippen molar-refractivity contribution in [3.63, 3.8) is 0 Å². The number of alkyl halides is 6. The highest BCUT2D eigenvalue weighted by Gasteiger charge is 2.42. The van der Waals surface area contributed by atoms with Crippen molar-refractivity contribution in [2.75, 3.05) is 6.54 Å². The molecule has 2 aromatic carbocycles. The second-order valence-electron chi connectivity index (χ2n) is 8.30. The third-order valence-electron chi connectivity index (χ3n) is 5.83. The minimum Gasteiger partial charge on any atom is -0.490 e. The standard InChI is InChI=1S/C23H25F6NO3/c24-22(25,26)16-5-7-17(8-6-16)33-19-10-4-15-12-14(13-30-11-1-2-20(31)32)3-9-18(15)21(19)23(27,28)29/h3-4,9-10,12,16-17,30H,1-2,5-8,11,13H2,(H,31,32). The molecule has 0 aliphatic heterocycles. The first kappa shape index (κ1) is 25.1. The number of benzene rings is 2. The van der Waals surface area contributed by atoms with Crippen molar-refractivity contribution in [2.24, 2.45) is 5.92 Å². The molecule has 0 aromatic heterocycles. The molecule has 0 saturated heterocycles. The van der Waals surface area contributed by atoms with E-state index in [0.29, 0.717) is 24.9 Å². The van der Waals surface area contributed by atoms with Gasteiger partial charge in [0.2, 0.25) is 0 Å². The normalized spacial score (nSPS) is 19.6. The van der Waals surface area contributed by atoms with E-state index in [2.05, 4.69) is 5.32 Å². The molecule has 0 radical (unpaired) electrons. The molecular formula is C23H25F6NO3. The lowest BCUT2D eigenvalue weighted by Gasteiger charge is -2.31. The fraction of sp³-hybridized carbons (Fsp3) is 0.522. The minimum atomic E-state index is -4.70. The Hall–Kier alpha value is -2.49. The van der Waals surface area contributed by atoms with Gasteiger partial charge in [0, 0.05) is 13.0 Å². The van der Waals surface area contributed by atoms with Crippen LogP contribution in [0.25, 0.3) is 10.8 Å². The van der Waals surface area contributed by atoms with E-state index in [0.717, 1.165) is 5.56 Å². The molecule has 1 aliphatic rings. The van der Waals surface area contributed by atoms with Gasteiger partial charge < -0.3 is 15.2 Å². The van der Waals surface area contributed by atoms with Crippen molar-refractivity contribution in [3.8, 4) is 5.75 Å². The number of fused-ring (bicyclic) bond motifs is 1. The zero-order chi connectivity index (χ0) is 24.2. The lowest BCUT2D eigenvalue weighted by molar-refractivity contribution is -0.185. The van der Waals surface area contributed by atoms with E-state index < -0.39 is 35.9 Å². The number of rotatable bonds is 8. The van der Waals surface area contributed by atoms with Crippen LogP contribution in [-0.2, 0) is 17.5 Å². The summed E-state index contributed by atoms with van der Waals surface area (Å²) in [5.74, 6) is -2.70. The second kappa shape index (κ2) is 10.2. The van der Waals surface area contributed by atoms with Crippen LogP contribution in [0, 0.1) is 5.92 Å². The molecule has 0 amide bonds. The van der Waals surface area contributed by atoms with E-state index in [4.69, 9.17) is 9.84 Å². The molecule has 0 heterocycles. The van der Waals surface area contributed by atoms with Crippen molar-refractivity contribution >= 4 is 16.7 Å². The van der Waals surface area contributed by atoms with Crippen molar-refractivity contribution in [1.29, 1.82) is 0 Å². The van der Waals surface area contributed by atoms with Gasteiger partial charge in [-0.25, -0.2) is 0 Å². The second-order valence-corrected chi connectivity index (χ2v) is 8.30. The molecule has 2 N–H and O–H groups in total. The summed E-state index contributed by atoms with van der Waals surface area (Å²) < 4.78 is 85.9. The Labute approximate surface area is 186 Å². The molecule has 33 heavy (non-hydrogen) atoms. The SMILES string of the molecule is O=C(O)CCCNCc1ccc2c(C(F)(F)F)c(OC3CCC(C(F)(F)F)CC3)ccc2c1. The summed E-state index contributed by atoms with van der Waals surface area (Å²) in [5.41, 5.74) is -0.191. The quantitative estimate of drug-likeness (QED) is 0.346. The van der Waals surface area contributed by atoms with Gasteiger partial charge in [0.1, 0.15) is 11.3 Å². The van der Waals surface area contributed by atoms with Gasteiger partial charge in [0.05, 0.1) is 12.0 Å². The highest BCUT2D eigenvalue weighted by atomic mass is 19.4. The number of carbonyl (C=O) groups is 1. The lowest BCUT2D eigenvalue weighted by Crippen LogP contribution is -2.32. The predicted octanol–water partition coefficient (Wildman–Crippen LogP) is 6.31. The number of hydrogen-bond donors (Lipinski definition) is 2. The molecule has 0 bridgehead atoms. The summed E-state index contributed by atoms with van der Waals surface area (Å²) >= 11 is 0. The zero-order valence-electron chi connectivity index (χ0n) is 17.7. The summed E-state index contributed by atoms with van der Waals surface area (Å²) in [7, 11) is 0. The van der Waals surface area contributed by atoms with Gasteiger partial charge in [-0.1, -0.05) is 18.2 Å². The number of aliphatic carboxylic acids is 1. The molecule has 4 nitrogen and oxygen atoms in total. The van der Waals surface area contributed by atoms with Crippen LogP contribution in [-0.4, -0.2) is 29.9 Å². The molecule has 0 atom stereocenters. The summed E-state index contributed by atoms with van der Waals surface area (Å²) in [5, 5.41) is 12.0. The smallest absolute Gasteiger partial charge is 0.420 e. The van der Waals surface area contributed by atoms with Crippen LogP contribution >= 0.6 is 0 Å². The van der Waals surface area contributed by atoms with E-state index in [1.54, 1.807) is 12.1 Å². The average Bonchev–Trinajstić information content (AvgIpc) is 2.72. The number of hydrogen-bond acceptors (Lipinski definition) is 3. The maximum Gasteiger partial charge on any atom is 0.420 e. The monoisotopic (exact) mass is 477 g/mol. The summed E-state index contributed by atoms with van der Waals surface area (Å²) in [6.45, 7) is 0.832. The zero-order valence-corrected chi connectivity index (χ0v) is 17.7. The lowest BCUT2D eigenvalue weighted by atomic mass is 9.87. The van der Waals surface area contributed by atoms with Gasteiger partial charge in [-0.2, -0.15) is 26.3 Å². The Morgan fingerprint density at radius 3 is 2.33 bits per heavy atom. The molecule has 1 aliphatic carbocycles. The van der Waals surface area contributed by atoms with E-state index in [1.165, 1.54) is 18.2 Å². The molecule has 3 rings (SSSR count). The van der Waals surface area contributed by atoms with E-state index in [1.807, 2.05) is 0 Å². The molecule has 1 fully saturated rings. The Kier molecular flexibility index (Phi) is 7.76. The molecule has 182 valence electrons. The fourth-order valence-electron chi connectivity index (χ4n) is 4.14. The van der Waals surface area contributed by atoms with Crippen LogP contribution in [0.2, 0.25) is 0 Å². The van der Waals surface area contributed by atoms with Crippen LogP contribution in [0.5, 0.6) is 5.75 Å². The average molecular weight is 477 g/mol. The maximum atomic E-state index is 13.9. The first-order valence-corrected chi connectivity index (χ1v) is 10.7. The van der Waals surface area contributed by atoms with Crippen LogP contribution in [0.4, 0.5) is 26.3 Å². The summed E-state index contributed by atoms with van der Waals surface area (Å²) in [4.78, 5) is 10.5. The topological polar surface area (TPSA) is 58.6 Å². The van der Waals surface area contributed by atoms with Crippen LogP contribution in [0.3, 0.4) is 0 Å². The van der Waals surface area contributed by atoms with E-state index >= 15 is 0 Å². The Morgan fingerprint density at radius 1 is 1.03 bits per heavy atom. The van der Waals surface area contributed by atoms with Gasteiger partial charge in [-0.05, 0) is 67.1 Å². The first-order valence-electron chi connectivity index (χ1n) is 10.7. The van der Waals surface area contributed by atoms with Gasteiger partial charge in [0.25, 0.3) is 0 Å². The van der Waals surface area contributed by atoms with Crippen LogP contribution in [0.1, 0.15) is 49.7 Å². The highest BCUT2D eigenvalue weighted by Crippen LogP contribution is 2.44. The fourth-order valence-corrected chi connectivity index (χ4v) is 4.14. The van der Waals surface area contributed by atoms with Gasteiger partial charge >= 0.3 is 18.3 Å². The summed E-state index contributed by atoms with van der Waals surface area (Å²) in [6, 6.07) is 7.27. The van der Waals surface area contributed by atoms with Crippen molar-refractivity contribution in [1.82, 2.24) is 5.32 Å². The van der Waals surface area contributed by atoms with Crippen LogP contribution < -0.4 is 10.1 Å². The molecule has 1 saturated carbocycles. The maximum absolute atomic E-state index is 13.9. The predicted molar refractivity (Wildman–Crippen MR) is 110 cm³/mol. The van der Waals surface area contributed by atoms with Crippen LogP contribution in [0.15, 0.2) is 30.3 Å². The third kappa shape index (κ3) is 6.75. The number of carboxylic acids is 1. The molecule has 0 unspecified atom stereocenters. The van der Waals surface area contributed by atoms with Gasteiger partial charge in [-0.3, -0.25) is 4.79 Å². The largest absolute Gasteiger partial charge is 0.490 e.